The van der Waals surface area contributed by atoms with Gasteiger partial charge in [0.1, 0.15) is 0 Å². The topological polar surface area (TPSA) is 45.8 Å². The molecule has 3 unspecified atom stereocenters. The second-order valence-corrected chi connectivity index (χ2v) is 9.84. The Hall–Kier alpha value is -1.73. The lowest BCUT2D eigenvalue weighted by Gasteiger charge is -2.45. The molecule has 8 heteroatoms. The molecule has 1 aliphatic carbocycles. The van der Waals surface area contributed by atoms with Crippen LogP contribution < -0.4 is 20.1 Å². The van der Waals surface area contributed by atoms with Crippen molar-refractivity contribution in [2.24, 2.45) is 0 Å². The highest BCUT2D eigenvalue weighted by Gasteiger charge is 2.50. The van der Waals surface area contributed by atoms with E-state index in [2.05, 4.69) is 34.7 Å². The summed E-state index contributed by atoms with van der Waals surface area (Å²) in [5.41, 5.74) is 2.15. The molecule has 1 saturated carbocycles. The third kappa shape index (κ3) is 4.38. The number of likely N-dealkylation sites (N-methyl/N-ethyl adjacent to an activating group) is 1. The minimum atomic E-state index is 0.109. The maximum atomic E-state index is 6.30. The molecule has 2 aromatic rings. The Bertz CT molecular complexity index is 1010. The van der Waals surface area contributed by atoms with Crippen LogP contribution in [0, 0.1) is 0 Å². The SMILES string of the molecule is COc1ccc(C23CCC(NC(=S)Nc4cccc(Cl)c4Cl)CC2N(C)CC3)cc1OC. The van der Waals surface area contributed by atoms with Crippen LogP contribution in [0.25, 0.3) is 0 Å². The molecule has 32 heavy (non-hydrogen) atoms. The Morgan fingerprint density at radius 3 is 2.66 bits per heavy atom. The summed E-state index contributed by atoms with van der Waals surface area (Å²) in [6.07, 6.45) is 4.26. The predicted molar refractivity (Wildman–Crippen MR) is 136 cm³/mol. The number of thiocarbonyl (C=S) groups is 1. The van der Waals surface area contributed by atoms with Gasteiger partial charge in [0.25, 0.3) is 0 Å². The third-order valence-electron chi connectivity index (χ3n) is 7.02. The van der Waals surface area contributed by atoms with Gasteiger partial charge in [-0.3, -0.25) is 0 Å². The van der Waals surface area contributed by atoms with E-state index in [0.717, 1.165) is 43.7 Å². The summed E-state index contributed by atoms with van der Waals surface area (Å²) in [5, 5.41) is 8.25. The molecule has 0 amide bonds. The van der Waals surface area contributed by atoms with Crippen LogP contribution in [0.1, 0.15) is 31.2 Å². The van der Waals surface area contributed by atoms with Crippen LogP contribution >= 0.6 is 35.4 Å². The van der Waals surface area contributed by atoms with Gasteiger partial charge in [-0.05, 0) is 81.3 Å². The van der Waals surface area contributed by atoms with Gasteiger partial charge in [0, 0.05) is 17.5 Å². The van der Waals surface area contributed by atoms with E-state index >= 15 is 0 Å². The minimum Gasteiger partial charge on any atom is -0.493 e. The fraction of sp³-hybridized carbons (Fsp3) is 0.458. The largest absolute Gasteiger partial charge is 0.493 e. The van der Waals surface area contributed by atoms with E-state index in [9.17, 15) is 0 Å². The van der Waals surface area contributed by atoms with Gasteiger partial charge in [-0.15, -0.1) is 0 Å². The lowest BCUT2D eigenvalue weighted by molar-refractivity contribution is 0.161. The highest BCUT2D eigenvalue weighted by Crippen LogP contribution is 2.49. The van der Waals surface area contributed by atoms with Crippen molar-refractivity contribution in [3.05, 3.63) is 52.0 Å². The third-order valence-corrected chi connectivity index (χ3v) is 8.06. The van der Waals surface area contributed by atoms with Gasteiger partial charge in [-0.1, -0.05) is 35.3 Å². The molecule has 2 N–H and O–H groups in total. The summed E-state index contributed by atoms with van der Waals surface area (Å²) in [4.78, 5) is 2.48. The van der Waals surface area contributed by atoms with Crippen molar-refractivity contribution in [3.8, 4) is 11.5 Å². The van der Waals surface area contributed by atoms with Crippen LogP contribution in [0.2, 0.25) is 10.0 Å². The zero-order valence-electron chi connectivity index (χ0n) is 18.6. The normalized spacial score (nSPS) is 25.2. The summed E-state index contributed by atoms with van der Waals surface area (Å²) in [5.74, 6) is 1.55. The highest BCUT2D eigenvalue weighted by molar-refractivity contribution is 7.80. The fourth-order valence-electron chi connectivity index (χ4n) is 5.34. The number of hydrogen-bond acceptors (Lipinski definition) is 4. The quantitative estimate of drug-likeness (QED) is 0.536. The summed E-state index contributed by atoms with van der Waals surface area (Å²) < 4.78 is 11.0. The number of methoxy groups -OCH3 is 2. The van der Waals surface area contributed by atoms with Crippen LogP contribution in [0.5, 0.6) is 11.5 Å². The number of benzene rings is 2. The van der Waals surface area contributed by atoms with E-state index in [4.69, 9.17) is 44.9 Å². The molecule has 0 spiro atoms. The lowest BCUT2D eigenvalue weighted by Crippen LogP contribution is -2.52. The minimum absolute atomic E-state index is 0.109. The van der Waals surface area contributed by atoms with Crippen molar-refractivity contribution in [1.29, 1.82) is 0 Å². The Morgan fingerprint density at radius 1 is 1.12 bits per heavy atom. The van der Waals surface area contributed by atoms with Gasteiger partial charge >= 0.3 is 0 Å². The smallest absolute Gasteiger partial charge is 0.171 e. The second kappa shape index (κ2) is 9.64. The first-order chi connectivity index (χ1) is 15.4. The molecule has 0 aromatic heterocycles. The van der Waals surface area contributed by atoms with Crippen molar-refractivity contribution >= 4 is 46.2 Å². The van der Waals surface area contributed by atoms with Crippen molar-refractivity contribution in [2.45, 2.75) is 43.2 Å². The molecule has 1 heterocycles. The molecular formula is C24H29Cl2N3O2S. The van der Waals surface area contributed by atoms with Crippen LogP contribution in [0.4, 0.5) is 5.69 Å². The Kier molecular flexibility index (Phi) is 7.06. The van der Waals surface area contributed by atoms with Crippen LogP contribution in [-0.2, 0) is 5.41 Å². The molecule has 1 saturated heterocycles. The van der Waals surface area contributed by atoms with Crippen LogP contribution in [0.3, 0.4) is 0 Å². The van der Waals surface area contributed by atoms with Gasteiger partial charge in [-0.2, -0.15) is 0 Å². The number of ether oxygens (including phenoxy) is 2. The van der Waals surface area contributed by atoms with Crippen LogP contribution in [0.15, 0.2) is 36.4 Å². The number of rotatable bonds is 5. The molecule has 0 bridgehead atoms. The standard InChI is InChI=1S/C24H29Cl2N3O2S/c1-29-12-11-24(15-7-8-19(30-2)20(13-15)31-3)10-9-16(14-21(24)29)27-23(32)28-18-6-4-5-17(25)22(18)26/h4-8,13,16,21H,9-12,14H2,1-3H3,(H2,27,28,32). The number of hydrogen-bond donors (Lipinski definition) is 2. The van der Waals surface area contributed by atoms with Crippen LogP contribution in [-0.4, -0.2) is 49.9 Å². The molecule has 2 fully saturated rings. The van der Waals surface area contributed by atoms with E-state index in [0.29, 0.717) is 26.9 Å². The Labute approximate surface area is 205 Å². The van der Waals surface area contributed by atoms with E-state index in [-0.39, 0.29) is 11.5 Å². The first-order valence-corrected chi connectivity index (χ1v) is 12.0. The first-order valence-electron chi connectivity index (χ1n) is 10.8. The van der Waals surface area contributed by atoms with Crippen molar-refractivity contribution in [2.75, 3.05) is 33.1 Å². The van der Waals surface area contributed by atoms with Gasteiger partial charge in [-0.25, -0.2) is 0 Å². The zero-order chi connectivity index (χ0) is 22.9. The first kappa shape index (κ1) is 23.4. The van der Waals surface area contributed by atoms with E-state index in [1.54, 1.807) is 20.3 Å². The summed E-state index contributed by atoms with van der Waals surface area (Å²) in [6, 6.07) is 12.6. The van der Waals surface area contributed by atoms with E-state index in [1.807, 2.05) is 18.2 Å². The van der Waals surface area contributed by atoms with Gasteiger partial charge < -0.3 is 25.0 Å². The number of likely N-dealkylation sites (tertiary alicyclic amines) is 1. The zero-order valence-corrected chi connectivity index (χ0v) is 20.9. The Morgan fingerprint density at radius 2 is 1.91 bits per heavy atom. The number of anilines is 1. The van der Waals surface area contributed by atoms with Crippen molar-refractivity contribution < 1.29 is 9.47 Å². The molecule has 2 aromatic carbocycles. The number of halogens is 2. The number of fused-ring (bicyclic) bond motifs is 1. The average molecular weight is 494 g/mol. The molecule has 3 atom stereocenters. The molecule has 0 radical (unpaired) electrons. The van der Waals surface area contributed by atoms with E-state index < -0.39 is 0 Å². The average Bonchev–Trinajstić information content (AvgIpc) is 3.13. The summed E-state index contributed by atoms with van der Waals surface area (Å²) >= 11 is 18.0. The number of nitrogens with zero attached hydrogens (tertiary/aromatic N) is 1. The maximum absolute atomic E-state index is 6.30. The highest BCUT2D eigenvalue weighted by atomic mass is 35.5. The maximum Gasteiger partial charge on any atom is 0.171 e. The van der Waals surface area contributed by atoms with Crippen molar-refractivity contribution in [3.63, 3.8) is 0 Å². The molecule has 1 aliphatic heterocycles. The molecular weight excluding hydrogens is 465 g/mol. The monoisotopic (exact) mass is 493 g/mol. The van der Waals surface area contributed by atoms with Gasteiger partial charge in [0.05, 0.1) is 30.0 Å². The van der Waals surface area contributed by atoms with Gasteiger partial charge in [0.2, 0.25) is 0 Å². The molecule has 4 rings (SSSR count). The van der Waals surface area contributed by atoms with Gasteiger partial charge in [0.15, 0.2) is 16.6 Å². The fourth-order valence-corrected chi connectivity index (χ4v) is 5.96. The second-order valence-electron chi connectivity index (χ2n) is 8.64. The Balaban J connectivity index is 1.49. The lowest BCUT2D eigenvalue weighted by atomic mass is 9.65. The number of nitrogens with one attached hydrogen (secondary N) is 2. The predicted octanol–water partition coefficient (Wildman–Crippen LogP) is 5.49. The summed E-state index contributed by atoms with van der Waals surface area (Å²) in [6.45, 7) is 1.08. The van der Waals surface area contributed by atoms with Crippen molar-refractivity contribution in [1.82, 2.24) is 10.2 Å². The van der Waals surface area contributed by atoms with E-state index in [1.165, 1.54) is 5.56 Å². The molecule has 5 nitrogen and oxygen atoms in total. The molecule has 172 valence electrons. The summed E-state index contributed by atoms with van der Waals surface area (Å²) in [7, 11) is 5.59. The molecule has 2 aliphatic rings.